The molecule has 0 aliphatic heterocycles. The molecule has 0 fully saturated rings. The Morgan fingerprint density at radius 1 is 1.35 bits per heavy atom. The Hall–Kier alpha value is -1.44. The molecule has 0 aliphatic rings. The van der Waals surface area contributed by atoms with Gasteiger partial charge in [0.25, 0.3) is 0 Å². The van der Waals surface area contributed by atoms with Crippen LogP contribution in [0.3, 0.4) is 0 Å². The van der Waals surface area contributed by atoms with E-state index in [2.05, 4.69) is 0 Å². The third-order valence-corrected chi connectivity index (χ3v) is 3.87. The second-order valence-electron chi connectivity index (χ2n) is 4.48. The molecule has 20 heavy (non-hydrogen) atoms. The van der Waals surface area contributed by atoms with Crippen LogP contribution >= 0.6 is 0 Å². The zero-order valence-electron chi connectivity index (χ0n) is 11.2. The van der Waals surface area contributed by atoms with Gasteiger partial charge in [-0.2, -0.15) is 0 Å². The van der Waals surface area contributed by atoms with Crippen molar-refractivity contribution in [3.05, 3.63) is 30.2 Å². The van der Waals surface area contributed by atoms with Gasteiger partial charge in [-0.05, 0) is 18.6 Å². The maximum atomic E-state index is 13.9. The van der Waals surface area contributed by atoms with Crippen LogP contribution in [0.4, 0.5) is 4.39 Å². The van der Waals surface area contributed by atoms with Crippen LogP contribution in [-0.4, -0.2) is 26.2 Å². The number of benzene rings is 1. The van der Waals surface area contributed by atoms with E-state index in [1.807, 2.05) is 6.92 Å². The minimum absolute atomic E-state index is 0.0329. The maximum Gasteiger partial charge on any atom is 0.240 e. The lowest BCUT2D eigenvalue weighted by Crippen LogP contribution is -2.12. The number of rotatable bonds is 6. The van der Waals surface area contributed by atoms with E-state index >= 15 is 0 Å². The van der Waals surface area contributed by atoms with Crippen molar-refractivity contribution in [1.29, 1.82) is 0 Å². The lowest BCUT2D eigenvalue weighted by molar-refractivity contribution is 0.127. The summed E-state index contributed by atoms with van der Waals surface area (Å²) in [4.78, 5) is -0.193. The Morgan fingerprint density at radius 3 is 2.75 bits per heavy atom. The highest BCUT2D eigenvalue weighted by Gasteiger charge is 2.20. The number of nitrogens with two attached hydrogens (primary N) is 1. The van der Waals surface area contributed by atoms with E-state index in [9.17, 15) is 12.8 Å². The molecule has 0 aliphatic carbocycles. The predicted octanol–water partition coefficient (Wildman–Crippen LogP) is 1.85. The predicted molar refractivity (Wildman–Crippen MR) is 74.4 cm³/mol. The topological polar surface area (TPSA) is 74.3 Å². The van der Waals surface area contributed by atoms with Crippen LogP contribution in [0.15, 0.2) is 29.3 Å². The van der Waals surface area contributed by atoms with Crippen LogP contribution in [0.1, 0.15) is 13.3 Å². The lowest BCUT2D eigenvalue weighted by Gasteiger charge is -2.05. The largest absolute Gasteiger partial charge is 0.380 e. The Labute approximate surface area is 117 Å². The van der Waals surface area contributed by atoms with Gasteiger partial charge in [0.15, 0.2) is 0 Å². The van der Waals surface area contributed by atoms with Crippen molar-refractivity contribution in [2.75, 3.05) is 13.2 Å². The molecule has 0 saturated heterocycles. The first-order chi connectivity index (χ1) is 9.45. The van der Waals surface area contributed by atoms with Crippen LogP contribution in [0.25, 0.3) is 10.9 Å². The molecule has 1 heterocycles. The number of ether oxygens (including phenoxy) is 1. The van der Waals surface area contributed by atoms with Gasteiger partial charge in [0.05, 0.1) is 17.5 Å². The molecule has 1 aromatic heterocycles. The number of sulfonamides is 1. The highest BCUT2D eigenvalue weighted by molar-refractivity contribution is 7.89. The molecule has 2 N–H and O–H groups in total. The summed E-state index contributed by atoms with van der Waals surface area (Å²) in [5.74, 6) is -0.597. The SMILES string of the molecule is CCCOCCn1cc(S(N)(=O)=O)c2c(F)cccc21. The fourth-order valence-electron chi connectivity index (χ4n) is 2.08. The molecular formula is C13H17FN2O3S. The first-order valence-corrected chi connectivity index (χ1v) is 7.87. The molecule has 0 spiro atoms. The third-order valence-electron chi connectivity index (χ3n) is 2.95. The molecule has 0 amide bonds. The van der Waals surface area contributed by atoms with E-state index in [1.54, 1.807) is 10.6 Å². The van der Waals surface area contributed by atoms with Gasteiger partial charge in [0.1, 0.15) is 10.7 Å². The second-order valence-corrected chi connectivity index (χ2v) is 6.01. The number of primary sulfonamides is 1. The quantitative estimate of drug-likeness (QED) is 0.827. The second kappa shape index (κ2) is 5.90. The fourth-order valence-corrected chi connectivity index (χ4v) is 2.84. The summed E-state index contributed by atoms with van der Waals surface area (Å²) in [5, 5.41) is 5.18. The van der Waals surface area contributed by atoms with Crippen molar-refractivity contribution < 1.29 is 17.5 Å². The number of fused-ring (bicyclic) bond motifs is 1. The summed E-state index contributed by atoms with van der Waals surface area (Å²) in [6.07, 6.45) is 2.27. The van der Waals surface area contributed by atoms with Gasteiger partial charge in [-0.3, -0.25) is 0 Å². The van der Waals surface area contributed by atoms with Gasteiger partial charge in [-0.25, -0.2) is 17.9 Å². The first-order valence-electron chi connectivity index (χ1n) is 6.33. The highest BCUT2D eigenvalue weighted by atomic mass is 32.2. The average molecular weight is 300 g/mol. The van der Waals surface area contributed by atoms with E-state index in [-0.39, 0.29) is 10.3 Å². The third kappa shape index (κ3) is 3.00. The number of nitrogens with zero attached hydrogens (tertiary/aromatic N) is 1. The zero-order valence-corrected chi connectivity index (χ0v) is 12.0. The van der Waals surface area contributed by atoms with Gasteiger partial charge < -0.3 is 9.30 Å². The van der Waals surface area contributed by atoms with E-state index < -0.39 is 15.8 Å². The monoisotopic (exact) mass is 300 g/mol. The standard InChI is InChI=1S/C13H17FN2O3S/c1-2-7-19-8-6-16-9-12(20(15,17)18)13-10(14)4-3-5-11(13)16/h3-5,9H,2,6-8H2,1H3,(H2,15,17,18). The molecule has 0 bridgehead atoms. The van der Waals surface area contributed by atoms with Gasteiger partial charge in [0.2, 0.25) is 10.0 Å². The Bertz CT molecular complexity index is 710. The molecule has 0 radical (unpaired) electrons. The minimum Gasteiger partial charge on any atom is -0.380 e. The molecule has 7 heteroatoms. The number of halogens is 1. The van der Waals surface area contributed by atoms with Gasteiger partial charge >= 0.3 is 0 Å². The van der Waals surface area contributed by atoms with Gasteiger partial charge in [-0.15, -0.1) is 0 Å². The van der Waals surface area contributed by atoms with Crippen molar-refractivity contribution in [2.45, 2.75) is 24.8 Å². The summed E-state index contributed by atoms with van der Waals surface area (Å²) < 4.78 is 44.0. The van der Waals surface area contributed by atoms with Crippen LogP contribution < -0.4 is 5.14 Å². The Balaban J connectivity index is 2.44. The van der Waals surface area contributed by atoms with Crippen molar-refractivity contribution in [3.63, 3.8) is 0 Å². The average Bonchev–Trinajstić information content (AvgIpc) is 2.75. The van der Waals surface area contributed by atoms with Crippen LogP contribution in [0.2, 0.25) is 0 Å². The zero-order chi connectivity index (χ0) is 14.8. The summed E-state index contributed by atoms with van der Waals surface area (Å²) >= 11 is 0. The van der Waals surface area contributed by atoms with Crippen molar-refractivity contribution >= 4 is 20.9 Å². The normalized spacial score (nSPS) is 12.2. The van der Waals surface area contributed by atoms with E-state index in [1.165, 1.54) is 18.3 Å². The van der Waals surface area contributed by atoms with E-state index in [0.717, 1.165) is 6.42 Å². The molecule has 5 nitrogen and oxygen atoms in total. The molecular weight excluding hydrogens is 283 g/mol. The first kappa shape index (κ1) is 15.0. The number of hydrogen-bond donors (Lipinski definition) is 1. The maximum absolute atomic E-state index is 13.9. The van der Waals surface area contributed by atoms with Crippen molar-refractivity contribution in [1.82, 2.24) is 4.57 Å². The lowest BCUT2D eigenvalue weighted by atomic mass is 10.2. The molecule has 2 aromatic rings. The molecule has 0 atom stereocenters. The smallest absolute Gasteiger partial charge is 0.240 e. The number of aromatic nitrogens is 1. The summed E-state index contributed by atoms with van der Waals surface area (Å²) in [6, 6.07) is 4.41. The Morgan fingerprint density at radius 2 is 2.10 bits per heavy atom. The van der Waals surface area contributed by atoms with Gasteiger partial charge in [-0.1, -0.05) is 13.0 Å². The summed E-state index contributed by atoms with van der Waals surface area (Å²) in [6.45, 7) is 3.50. The van der Waals surface area contributed by atoms with Crippen LogP contribution in [-0.2, 0) is 21.3 Å². The molecule has 2 rings (SSSR count). The number of hydrogen-bond acceptors (Lipinski definition) is 3. The summed E-state index contributed by atoms with van der Waals surface area (Å²) in [7, 11) is -3.97. The van der Waals surface area contributed by atoms with E-state index in [4.69, 9.17) is 9.88 Å². The molecule has 0 unspecified atom stereocenters. The van der Waals surface area contributed by atoms with Crippen LogP contribution in [0, 0.1) is 5.82 Å². The van der Waals surface area contributed by atoms with Crippen LogP contribution in [0.5, 0.6) is 0 Å². The van der Waals surface area contributed by atoms with E-state index in [0.29, 0.717) is 25.3 Å². The molecule has 0 saturated carbocycles. The summed E-state index contributed by atoms with van der Waals surface area (Å²) in [5.41, 5.74) is 0.495. The Kier molecular flexibility index (Phi) is 4.42. The minimum atomic E-state index is -3.97. The van der Waals surface area contributed by atoms with Crippen molar-refractivity contribution in [3.8, 4) is 0 Å². The molecule has 110 valence electrons. The van der Waals surface area contributed by atoms with Gasteiger partial charge in [0, 0.05) is 19.3 Å². The van der Waals surface area contributed by atoms with Crippen molar-refractivity contribution in [2.24, 2.45) is 5.14 Å². The molecule has 1 aromatic carbocycles. The fraction of sp³-hybridized carbons (Fsp3) is 0.385. The highest BCUT2D eigenvalue weighted by Crippen LogP contribution is 2.27.